The summed E-state index contributed by atoms with van der Waals surface area (Å²) in [4.78, 5) is 15.7. The summed E-state index contributed by atoms with van der Waals surface area (Å²) < 4.78 is 26.4. The SMILES string of the molecule is C/C=C\c1c(Cc2ccc(S(=O)(=O)C3CNCCC3N(O)C=O)cc2)cc(C)nc1C. The number of hydrogen-bond acceptors (Lipinski definition) is 6. The molecule has 1 aliphatic heterocycles. The summed E-state index contributed by atoms with van der Waals surface area (Å²) in [6.45, 7) is 6.64. The molecular weight excluding hydrogens is 414 g/mol. The van der Waals surface area contributed by atoms with E-state index < -0.39 is 21.1 Å². The Hall–Kier alpha value is -2.55. The number of carbonyl (C=O) groups excluding carboxylic acids is 1. The minimum atomic E-state index is -3.73. The zero-order valence-corrected chi connectivity index (χ0v) is 18.9. The van der Waals surface area contributed by atoms with Crippen LogP contribution in [0.25, 0.3) is 6.08 Å². The number of rotatable bonds is 7. The van der Waals surface area contributed by atoms with Gasteiger partial charge in [-0.05, 0) is 75.0 Å². The van der Waals surface area contributed by atoms with Crippen molar-refractivity contribution in [2.45, 2.75) is 49.8 Å². The molecule has 1 aromatic carbocycles. The van der Waals surface area contributed by atoms with Crippen LogP contribution in [0, 0.1) is 13.8 Å². The van der Waals surface area contributed by atoms with Crippen molar-refractivity contribution in [3.8, 4) is 0 Å². The fourth-order valence-corrected chi connectivity index (χ4v) is 6.04. The molecule has 1 aliphatic rings. The summed E-state index contributed by atoms with van der Waals surface area (Å²) in [7, 11) is -3.73. The van der Waals surface area contributed by atoms with Gasteiger partial charge in [0, 0.05) is 17.9 Å². The highest BCUT2D eigenvalue weighted by Crippen LogP contribution is 2.25. The van der Waals surface area contributed by atoms with E-state index in [1.807, 2.05) is 45.1 Å². The standard InChI is InChI=1S/C23H29N3O4S/c1-4-5-21-17(3)25-16(2)12-19(21)13-18-6-8-20(9-7-18)31(29,30)23-14-24-11-10-22(23)26(28)15-27/h4-9,12,15,22-24,28H,10-11,13-14H2,1-3H3/b5-4-. The number of hydroxylamine groups is 2. The molecule has 31 heavy (non-hydrogen) atoms. The summed E-state index contributed by atoms with van der Waals surface area (Å²) in [5, 5.41) is 12.5. The van der Waals surface area contributed by atoms with Crippen molar-refractivity contribution in [3.63, 3.8) is 0 Å². The van der Waals surface area contributed by atoms with Crippen molar-refractivity contribution in [1.82, 2.24) is 15.4 Å². The summed E-state index contributed by atoms with van der Waals surface area (Å²) in [6.07, 6.45) is 5.32. The molecule has 8 heteroatoms. The molecule has 0 radical (unpaired) electrons. The van der Waals surface area contributed by atoms with Gasteiger partial charge in [-0.2, -0.15) is 0 Å². The topological polar surface area (TPSA) is 99.6 Å². The highest BCUT2D eigenvalue weighted by atomic mass is 32.2. The second-order valence-electron chi connectivity index (χ2n) is 7.87. The van der Waals surface area contributed by atoms with Crippen LogP contribution >= 0.6 is 0 Å². The van der Waals surface area contributed by atoms with Crippen LogP contribution in [0.4, 0.5) is 0 Å². The van der Waals surface area contributed by atoms with Crippen molar-refractivity contribution in [1.29, 1.82) is 0 Å². The highest BCUT2D eigenvalue weighted by molar-refractivity contribution is 7.92. The first kappa shape index (κ1) is 23.1. The van der Waals surface area contributed by atoms with E-state index in [4.69, 9.17) is 0 Å². The van der Waals surface area contributed by atoms with E-state index in [1.54, 1.807) is 12.1 Å². The second kappa shape index (κ2) is 9.72. The highest BCUT2D eigenvalue weighted by Gasteiger charge is 2.39. The molecule has 166 valence electrons. The van der Waals surface area contributed by atoms with Crippen LogP contribution in [0.15, 0.2) is 41.3 Å². The van der Waals surface area contributed by atoms with Gasteiger partial charge in [0.25, 0.3) is 0 Å². The molecule has 3 rings (SSSR count). The number of nitrogens with zero attached hydrogens (tertiary/aromatic N) is 2. The molecule has 0 bridgehead atoms. The Morgan fingerprint density at radius 3 is 2.61 bits per heavy atom. The molecule has 7 nitrogen and oxygen atoms in total. The number of nitrogens with one attached hydrogen (secondary N) is 1. The molecule has 2 atom stereocenters. The molecular formula is C23H29N3O4S. The van der Waals surface area contributed by atoms with Crippen molar-refractivity contribution in [2.75, 3.05) is 13.1 Å². The van der Waals surface area contributed by atoms with Gasteiger partial charge in [0.2, 0.25) is 6.41 Å². The molecule has 2 heterocycles. The van der Waals surface area contributed by atoms with Gasteiger partial charge < -0.3 is 5.32 Å². The number of piperidine rings is 1. The molecule has 1 amide bonds. The second-order valence-corrected chi connectivity index (χ2v) is 10.0. The Morgan fingerprint density at radius 1 is 1.26 bits per heavy atom. The van der Waals surface area contributed by atoms with E-state index in [0.29, 0.717) is 24.4 Å². The summed E-state index contributed by atoms with van der Waals surface area (Å²) >= 11 is 0. The maximum atomic E-state index is 13.2. The fraction of sp³-hybridized carbons (Fsp3) is 0.391. The Balaban J connectivity index is 1.87. The molecule has 0 aliphatic carbocycles. The molecule has 2 aromatic rings. The third-order valence-corrected chi connectivity index (χ3v) is 7.89. The molecule has 1 saturated heterocycles. The number of aromatic nitrogens is 1. The number of amides is 1. The predicted octanol–water partition coefficient (Wildman–Crippen LogP) is 2.67. The predicted molar refractivity (Wildman–Crippen MR) is 120 cm³/mol. The Morgan fingerprint density at radius 2 is 1.97 bits per heavy atom. The van der Waals surface area contributed by atoms with Gasteiger partial charge in [0.05, 0.1) is 10.9 Å². The molecule has 1 fully saturated rings. The zero-order chi connectivity index (χ0) is 22.6. The Kier molecular flexibility index (Phi) is 7.25. The number of sulfone groups is 1. The lowest BCUT2D eigenvalue weighted by Crippen LogP contribution is -2.54. The van der Waals surface area contributed by atoms with Crippen molar-refractivity contribution in [2.24, 2.45) is 0 Å². The lowest BCUT2D eigenvalue weighted by Gasteiger charge is -2.34. The molecule has 0 spiro atoms. The first-order valence-corrected chi connectivity index (χ1v) is 11.9. The minimum absolute atomic E-state index is 0.182. The van der Waals surface area contributed by atoms with Gasteiger partial charge in [-0.15, -0.1) is 0 Å². The summed E-state index contributed by atoms with van der Waals surface area (Å²) in [5.74, 6) is 0. The lowest BCUT2D eigenvalue weighted by molar-refractivity contribution is -0.161. The monoisotopic (exact) mass is 443 g/mol. The average molecular weight is 444 g/mol. The number of benzene rings is 1. The summed E-state index contributed by atoms with van der Waals surface area (Å²) in [5.41, 5.74) is 5.12. The normalized spacial score (nSPS) is 19.5. The van der Waals surface area contributed by atoms with Crippen LogP contribution in [0.1, 0.15) is 41.4 Å². The van der Waals surface area contributed by atoms with Crippen LogP contribution in [0.3, 0.4) is 0 Å². The van der Waals surface area contributed by atoms with Gasteiger partial charge >= 0.3 is 0 Å². The average Bonchev–Trinajstić information content (AvgIpc) is 2.76. The Labute approximate surface area is 183 Å². The summed E-state index contributed by atoms with van der Waals surface area (Å²) in [6, 6.07) is 8.14. The third-order valence-electron chi connectivity index (χ3n) is 5.68. The van der Waals surface area contributed by atoms with Crippen molar-refractivity contribution in [3.05, 3.63) is 64.5 Å². The van der Waals surface area contributed by atoms with Gasteiger partial charge in [-0.25, -0.2) is 13.5 Å². The fourth-order valence-electron chi connectivity index (χ4n) is 4.17. The maximum Gasteiger partial charge on any atom is 0.233 e. The van der Waals surface area contributed by atoms with E-state index in [2.05, 4.69) is 16.4 Å². The van der Waals surface area contributed by atoms with Crippen molar-refractivity contribution >= 4 is 22.3 Å². The molecule has 1 aromatic heterocycles. The first-order chi connectivity index (χ1) is 14.8. The largest absolute Gasteiger partial charge is 0.315 e. The number of aryl methyl sites for hydroxylation is 2. The van der Waals surface area contributed by atoms with Gasteiger partial charge in [0.15, 0.2) is 9.84 Å². The minimum Gasteiger partial charge on any atom is -0.315 e. The maximum absolute atomic E-state index is 13.2. The van der Waals surface area contributed by atoms with E-state index >= 15 is 0 Å². The number of pyridine rings is 1. The van der Waals surface area contributed by atoms with E-state index in [-0.39, 0.29) is 17.9 Å². The number of carbonyl (C=O) groups is 1. The van der Waals surface area contributed by atoms with E-state index in [0.717, 1.165) is 28.1 Å². The third kappa shape index (κ3) is 5.03. The molecule has 2 N–H and O–H groups in total. The van der Waals surface area contributed by atoms with E-state index in [1.165, 1.54) is 0 Å². The molecule has 0 saturated carbocycles. The van der Waals surface area contributed by atoms with Gasteiger partial charge in [-0.1, -0.05) is 24.3 Å². The first-order valence-electron chi connectivity index (χ1n) is 10.3. The zero-order valence-electron chi connectivity index (χ0n) is 18.1. The van der Waals surface area contributed by atoms with Crippen LogP contribution in [0.5, 0.6) is 0 Å². The number of allylic oxidation sites excluding steroid dienone is 1. The van der Waals surface area contributed by atoms with E-state index in [9.17, 15) is 18.4 Å². The number of hydrogen-bond donors (Lipinski definition) is 2. The quantitative estimate of drug-likeness (QED) is 0.388. The smallest absolute Gasteiger partial charge is 0.233 e. The van der Waals surface area contributed by atoms with Crippen LogP contribution in [-0.2, 0) is 21.1 Å². The van der Waals surface area contributed by atoms with Gasteiger partial charge in [-0.3, -0.25) is 15.0 Å². The lowest BCUT2D eigenvalue weighted by atomic mass is 9.98. The van der Waals surface area contributed by atoms with Crippen LogP contribution in [0.2, 0.25) is 0 Å². The van der Waals surface area contributed by atoms with Crippen LogP contribution < -0.4 is 5.32 Å². The van der Waals surface area contributed by atoms with Crippen LogP contribution in [-0.4, -0.2) is 54.5 Å². The van der Waals surface area contributed by atoms with Gasteiger partial charge in [0.1, 0.15) is 5.25 Å². The Bertz CT molecular complexity index is 1060. The molecule has 2 unspecified atom stereocenters. The van der Waals surface area contributed by atoms with Crippen molar-refractivity contribution < 1.29 is 18.4 Å².